The molecule has 0 aliphatic carbocycles. The van der Waals surface area contributed by atoms with Crippen molar-refractivity contribution in [2.75, 3.05) is 39.9 Å². The molecule has 5 nitrogen and oxygen atoms in total. The SMILES string of the molecule is CCNC(=NCc1ccc(C(C)(C)C)cc1)NC1CCN(CCOC)CC1. The molecule has 0 atom stereocenters. The topological polar surface area (TPSA) is 48.9 Å². The van der Waals surface area contributed by atoms with Crippen LogP contribution in [-0.4, -0.2) is 56.8 Å². The summed E-state index contributed by atoms with van der Waals surface area (Å²) in [6.45, 7) is 14.5. The maximum atomic E-state index is 5.18. The number of piperidine rings is 1. The molecule has 0 bridgehead atoms. The number of hydrogen-bond acceptors (Lipinski definition) is 3. The Morgan fingerprint density at radius 3 is 2.41 bits per heavy atom. The number of hydrogen-bond donors (Lipinski definition) is 2. The van der Waals surface area contributed by atoms with E-state index in [0.29, 0.717) is 12.6 Å². The number of ether oxygens (including phenoxy) is 1. The number of rotatable bonds is 7. The molecule has 152 valence electrons. The third-order valence-electron chi connectivity index (χ3n) is 5.12. The van der Waals surface area contributed by atoms with Gasteiger partial charge in [0.25, 0.3) is 0 Å². The van der Waals surface area contributed by atoms with Gasteiger partial charge in [0.15, 0.2) is 5.96 Å². The van der Waals surface area contributed by atoms with E-state index < -0.39 is 0 Å². The molecule has 1 aromatic rings. The van der Waals surface area contributed by atoms with Gasteiger partial charge in [0.05, 0.1) is 13.2 Å². The molecule has 0 radical (unpaired) electrons. The van der Waals surface area contributed by atoms with Crippen LogP contribution in [0.2, 0.25) is 0 Å². The summed E-state index contributed by atoms with van der Waals surface area (Å²) in [4.78, 5) is 7.27. The number of nitrogens with zero attached hydrogens (tertiary/aromatic N) is 2. The number of benzene rings is 1. The van der Waals surface area contributed by atoms with Crippen molar-refractivity contribution in [3.63, 3.8) is 0 Å². The van der Waals surface area contributed by atoms with E-state index in [2.05, 4.69) is 67.5 Å². The number of nitrogens with one attached hydrogen (secondary N) is 2. The monoisotopic (exact) mass is 374 g/mol. The van der Waals surface area contributed by atoms with Crippen molar-refractivity contribution in [3.8, 4) is 0 Å². The Balaban J connectivity index is 1.87. The minimum absolute atomic E-state index is 0.191. The second-order valence-corrected chi connectivity index (χ2v) is 8.40. The predicted octanol–water partition coefficient (Wildman–Crippen LogP) is 3.15. The molecule has 0 aromatic heterocycles. The molecule has 1 saturated heterocycles. The summed E-state index contributed by atoms with van der Waals surface area (Å²) in [5, 5.41) is 7.01. The highest BCUT2D eigenvalue weighted by molar-refractivity contribution is 5.80. The first-order valence-electron chi connectivity index (χ1n) is 10.3. The number of aliphatic imine (C=N–C) groups is 1. The standard InChI is InChI=1S/C22H38N4O/c1-6-23-21(25-20-11-13-26(14-12-20)15-16-27-5)24-17-18-7-9-19(10-8-18)22(2,3)4/h7-10,20H,6,11-17H2,1-5H3,(H2,23,24,25). The molecule has 2 N–H and O–H groups in total. The fourth-order valence-electron chi connectivity index (χ4n) is 3.32. The molecule has 2 rings (SSSR count). The van der Waals surface area contributed by atoms with Gasteiger partial charge in [-0.3, -0.25) is 0 Å². The summed E-state index contributed by atoms with van der Waals surface area (Å²) < 4.78 is 5.18. The van der Waals surface area contributed by atoms with E-state index in [4.69, 9.17) is 9.73 Å². The van der Waals surface area contributed by atoms with Gasteiger partial charge < -0.3 is 20.3 Å². The summed E-state index contributed by atoms with van der Waals surface area (Å²) in [5.74, 6) is 0.924. The van der Waals surface area contributed by atoms with Gasteiger partial charge in [-0.25, -0.2) is 4.99 Å². The predicted molar refractivity (Wildman–Crippen MR) is 114 cm³/mol. The number of methoxy groups -OCH3 is 1. The van der Waals surface area contributed by atoms with Crippen molar-refractivity contribution >= 4 is 5.96 Å². The summed E-state index contributed by atoms with van der Waals surface area (Å²) in [5.41, 5.74) is 2.80. The van der Waals surface area contributed by atoms with Gasteiger partial charge in [-0.2, -0.15) is 0 Å². The quantitative estimate of drug-likeness (QED) is 0.569. The Kier molecular flexibility index (Phi) is 8.58. The smallest absolute Gasteiger partial charge is 0.191 e. The van der Waals surface area contributed by atoms with E-state index in [1.165, 1.54) is 11.1 Å². The minimum Gasteiger partial charge on any atom is -0.383 e. The molecule has 27 heavy (non-hydrogen) atoms. The molecule has 1 aliphatic rings. The molecule has 1 aliphatic heterocycles. The van der Waals surface area contributed by atoms with Crippen molar-refractivity contribution in [2.45, 2.75) is 58.5 Å². The average Bonchev–Trinajstić information content (AvgIpc) is 2.65. The second kappa shape index (κ2) is 10.7. The molecule has 1 aromatic carbocycles. The lowest BCUT2D eigenvalue weighted by molar-refractivity contribution is 0.128. The summed E-state index contributed by atoms with van der Waals surface area (Å²) in [6.07, 6.45) is 2.29. The highest BCUT2D eigenvalue weighted by Crippen LogP contribution is 2.22. The molecule has 0 saturated carbocycles. The van der Waals surface area contributed by atoms with Crippen LogP contribution in [0.25, 0.3) is 0 Å². The molecule has 0 spiro atoms. The van der Waals surface area contributed by atoms with E-state index in [-0.39, 0.29) is 5.41 Å². The molecular weight excluding hydrogens is 336 g/mol. The second-order valence-electron chi connectivity index (χ2n) is 8.40. The van der Waals surface area contributed by atoms with E-state index >= 15 is 0 Å². The molecule has 1 fully saturated rings. The molecular formula is C22H38N4O. The lowest BCUT2D eigenvalue weighted by atomic mass is 9.87. The summed E-state index contributed by atoms with van der Waals surface area (Å²) in [6, 6.07) is 9.33. The fourth-order valence-corrected chi connectivity index (χ4v) is 3.32. The number of likely N-dealkylation sites (tertiary alicyclic amines) is 1. The lowest BCUT2D eigenvalue weighted by Gasteiger charge is -2.32. The van der Waals surface area contributed by atoms with Crippen LogP contribution in [0.15, 0.2) is 29.3 Å². The van der Waals surface area contributed by atoms with Crippen molar-refractivity contribution in [1.82, 2.24) is 15.5 Å². The Morgan fingerprint density at radius 1 is 1.19 bits per heavy atom. The normalized spacial score (nSPS) is 17.1. The van der Waals surface area contributed by atoms with E-state index in [9.17, 15) is 0 Å². The zero-order chi connectivity index (χ0) is 19.7. The Labute approximate surface area is 165 Å². The highest BCUT2D eigenvalue weighted by Gasteiger charge is 2.19. The Morgan fingerprint density at radius 2 is 1.85 bits per heavy atom. The largest absolute Gasteiger partial charge is 0.383 e. The van der Waals surface area contributed by atoms with Gasteiger partial charge in [-0.15, -0.1) is 0 Å². The van der Waals surface area contributed by atoms with Crippen LogP contribution >= 0.6 is 0 Å². The van der Waals surface area contributed by atoms with Crippen molar-refractivity contribution < 1.29 is 4.74 Å². The molecule has 5 heteroatoms. The van der Waals surface area contributed by atoms with Gasteiger partial charge in [0, 0.05) is 39.3 Å². The first-order valence-corrected chi connectivity index (χ1v) is 10.3. The Bertz CT molecular complexity index is 569. The van der Waals surface area contributed by atoms with Gasteiger partial charge in [0.2, 0.25) is 0 Å². The van der Waals surface area contributed by atoms with Crippen LogP contribution in [0.5, 0.6) is 0 Å². The van der Waals surface area contributed by atoms with Crippen LogP contribution in [-0.2, 0) is 16.7 Å². The zero-order valence-corrected chi connectivity index (χ0v) is 17.8. The fraction of sp³-hybridized carbons (Fsp3) is 0.682. The third-order valence-corrected chi connectivity index (χ3v) is 5.12. The van der Waals surface area contributed by atoms with Crippen molar-refractivity contribution in [3.05, 3.63) is 35.4 Å². The van der Waals surface area contributed by atoms with Gasteiger partial charge in [-0.1, -0.05) is 45.0 Å². The van der Waals surface area contributed by atoms with Crippen molar-refractivity contribution in [2.24, 2.45) is 4.99 Å². The maximum Gasteiger partial charge on any atom is 0.191 e. The third kappa shape index (κ3) is 7.51. The highest BCUT2D eigenvalue weighted by atomic mass is 16.5. The van der Waals surface area contributed by atoms with Gasteiger partial charge >= 0.3 is 0 Å². The van der Waals surface area contributed by atoms with Crippen LogP contribution in [0.1, 0.15) is 51.7 Å². The van der Waals surface area contributed by atoms with E-state index in [1.807, 2.05) is 0 Å². The molecule has 0 amide bonds. The first kappa shape index (κ1) is 21.7. The van der Waals surface area contributed by atoms with Crippen molar-refractivity contribution in [1.29, 1.82) is 0 Å². The number of guanidine groups is 1. The van der Waals surface area contributed by atoms with Gasteiger partial charge in [-0.05, 0) is 36.3 Å². The lowest BCUT2D eigenvalue weighted by Crippen LogP contribution is -2.49. The minimum atomic E-state index is 0.191. The van der Waals surface area contributed by atoms with Crippen LogP contribution in [0.3, 0.4) is 0 Å². The Hall–Kier alpha value is -1.59. The van der Waals surface area contributed by atoms with Crippen LogP contribution < -0.4 is 10.6 Å². The average molecular weight is 375 g/mol. The van der Waals surface area contributed by atoms with Gasteiger partial charge in [0.1, 0.15) is 0 Å². The van der Waals surface area contributed by atoms with E-state index in [1.54, 1.807) is 7.11 Å². The molecule has 1 heterocycles. The summed E-state index contributed by atoms with van der Waals surface area (Å²) in [7, 11) is 1.77. The first-order chi connectivity index (χ1) is 12.9. The van der Waals surface area contributed by atoms with Crippen LogP contribution in [0.4, 0.5) is 0 Å². The maximum absolute atomic E-state index is 5.18. The zero-order valence-electron chi connectivity index (χ0n) is 17.8. The van der Waals surface area contributed by atoms with Crippen LogP contribution in [0, 0.1) is 0 Å². The summed E-state index contributed by atoms with van der Waals surface area (Å²) >= 11 is 0. The van der Waals surface area contributed by atoms with E-state index in [0.717, 1.165) is 51.6 Å². The molecule has 0 unspecified atom stereocenters.